The standard InChI is InChI=1S/C27H48O3/c1-17(2)8-6-9-18(3)20-11-12-21-19-16-24(29)27(30)23(28)10-7-14-26(27,5)22(19)13-15-25(20,21)4/h17-24,28-30H,6-16H2,1-5H3/t18-,19+,20-,21+,22+,23?,24?,25-,26-,27?/m1/s1. The van der Waals surface area contributed by atoms with Crippen LogP contribution in [0.25, 0.3) is 0 Å². The van der Waals surface area contributed by atoms with E-state index in [0.29, 0.717) is 36.0 Å². The monoisotopic (exact) mass is 420 g/mol. The van der Waals surface area contributed by atoms with Crippen LogP contribution in [0.4, 0.5) is 0 Å². The van der Waals surface area contributed by atoms with Gasteiger partial charge in [0.1, 0.15) is 5.60 Å². The molecular formula is C27H48O3. The molecule has 4 saturated carbocycles. The fourth-order valence-electron chi connectivity index (χ4n) is 9.42. The first-order valence-electron chi connectivity index (χ1n) is 13.1. The van der Waals surface area contributed by atoms with E-state index in [1.54, 1.807) is 0 Å². The average Bonchev–Trinajstić information content (AvgIpc) is 3.02. The minimum Gasteiger partial charge on any atom is -0.390 e. The molecule has 0 aromatic carbocycles. The lowest BCUT2D eigenvalue weighted by Gasteiger charge is -2.66. The maximum atomic E-state index is 11.6. The molecule has 30 heavy (non-hydrogen) atoms. The average molecular weight is 421 g/mol. The first-order chi connectivity index (χ1) is 14.1. The number of hydrogen-bond donors (Lipinski definition) is 3. The number of hydrogen-bond acceptors (Lipinski definition) is 3. The van der Waals surface area contributed by atoms with Gasteiger partial charge in [-0.15, -0.1) is 0 Å². The van der Waals surface area contributed by atoms with Crippen molar-refractivity contribution in [2.75, 3.05) is 0 Å². The molecule has 0 amide bonds. The van der Waals surface area contributed by atoms with Gasteiger partial charge in [-0.1, -0.05) is 60.3 Å². The summed E-state index contributed by atoms with van der Waals surface area (Å²) in [6.45, 7) is 11.9. The molecule has 4 aliphatic rings. The minimum absolute atomic E-state index is 0.352. The van der Waals surface area contributed by atoms with E-state index in [-0.39, 0.29) is 5.41 Å². The van der Waals surface area contributed by atoms with Crippen molar-refractivity contribution in [2.45, 2.75) is 123 Å². The zero-order chi connectivity index (χ0) is 21.9. The second-order valence-electron chi connectivity index (χ2n) is 12.8. The Morgan fingerprint density at radius 2 is 1.60 bits per heavy atom. The molecule has 3 unspecified atom stereocenters. The SMILES string of the molecule is CC(C)CCC[C@@H](C)[C@H]1CC[C@H]2[C@@H]3CC(O)C4(O)C(O)CCC[C@]4(C)[C@H]3CC[C@]12C. The van der Waals surface area contributed by atoms with Crippen molar-refractivity contribution in [3.05, 3.63) is 0 Å². The van der Waals surface area contributed by atoms with Crippen LogP contribution in [0.3, 0.4) is 0 Å². The summed E-state index contributed by atoms with van der Waals surface area (Å²) >= 11 is 0. The maximum Gasteiger partial charge on any atom is 0.122 e. The van der Waals surface area contributed by atoms with E-state index in [4.69, 9.17) is 0 Å². The predicted molar refractivity (Wildman–Crippen MR) is 122 cm³/mol. The Labute approximate surface area is 185 Å². The van der Waals surface area contributed by atoms with Gasteiger partial charge in [-0.25, -0.2) is 0 Å². The molecule has 0 radical (unpaired) electrons. The van der Waals surface area contributed by atoms with Crippen molar-refractivity contribution < 1.29 is 15.3 Å². The largest absolute Gasteiger partial charge is 0.390 e. The summed E-state index contributed by atoms with van der Waals surface area (Å²) < 4.78 is 0. The fraction of sp³-hybridized carbons (Fsp3) is 1.00. The lowest BCUT2D eigenvalue weighted by atomic mass is 9.42. The highest BCUT2D eigenvalue weighted by Gasteiger charge is 2.68. The van der Waals surface area contributed by atoms with Crippen LogP contribution in [0.5, 0.6) is 0 Å². The van der Waals surface area contributed by atoms with E-state index in [9.17, 15) is 15.3 Å². The number of aliphatic hydroxyl groups excluding tert-OH is 2. The first-order valence-corrected chi connectivity index (χ1v) is 13.1. The van der Waals surface area contributed by atoms with E-state index >= 15 is 0 Å². The molecule has 4 aliphatic carbocycles. The summed E-state index contributed by atoms with van der Waals surface area (Å²) in [5.41, 5.74) is -1.28. The van der Waals surface area contributed by atoms with Crippen molar-refractivity contribution in [1.82, 2.24) is 0 Å². The van der Waals surface area contributed by atoms with Gasteiger partial charge in [-0.05, 0) is 85.9 Å². The van der Waals surface area contributed by atoms with Crippen molar-refractivity contribution >= 4 is 0 Å². The van der Waals surface area contributed by atoms with E-state index in [0.717, 1.165) is 37.0 Å². The summed E-state index contributed by atoms with van der Waals surface area (Å²) in [6.07, 6.45) is 10.7. The second kappa shape index (κ2) is 8.03. The topological polar surface area (TPSA) is 60.7 Å². The zero-order valence-corrected chi connectivity index (χ0v) is 20.2. The Morgan fingerprint density at radius 3 is 2.30 bits per heavy atom. The van der Waals surface area contributed by atoms with Gasteiger partial charge >= 0.3 is 0 Å². The molecule has 10 atom stereocenters. The van der Waals surface area contributed by atoms with E-state index in [2.05, 4.69) is 34.6 Å². The smallest absolute Gasteiger partial charge is 0.122 e. The van der Waals surface area contributed by atoms with Crippen LogP contribution >= 0.6 is 0 Å². The molecule has 4 rings (SSSR count). The van der Waals surface area contributed by atoms with Crippen molar-refractivity contribution in [3.8, 4) is 0 Å². The third-order valence-corrected chi connectivity index (χ3v) is 11.1. The van der Waals surface area contributed by atoms with Gasteiger partial charge in [0.15, 0.2) is 0 Å². The normalized spacial score (nSPS) is 51.9. The van der Waals surface area contributed by atoms with Gasteiger partial charge in [0.2, 0.25) is 0 Å². The maximum absolute atomic E-state index is 11.6. The van der Waals surface area contributed by atoms with Crippen LogP contribution in [-0.2, 0) is 0 Å². The van der Waals surface area contributed by atoms with Gasteiger partial charge < -0.3 is 15.3 Å². The Hall–Kier alpha value is -0.120. The van der Waals surface area contributed by atoms with Crippen LogP contribution in [0, 0.1) is 46.3 Å². The summed E-state index contributed by atoms with van der Waals surface area (Å²) in [7, 11) is 0. The number of aliphatic hydroxyl groups is 3. The lowest BCUT2D eigenvalue weighted by molar-refractivity contribution is -0.288. The first kappa shape index (κ1) is 23.1. The van der Waals surface area contributed by atoms with Crippen molar-refractivity contribution in [1.29, 1.82) is 0 Å². The minimum atomic E-state index is -1.32. The Morgan fingerprint density at radius 1 is 0.867 bits per heavy atom. The fourth-order valence-corrected chi connectivity index (χ4v) is 9.42. The Kier molecular flexibility index (Phi) is 6.17. The Bertz CT molecular complexity index is 619. The Balaban J connectivity index is 1.54. The summed E-state index contributed by atoms with van der Waals surface area (Å²) in [5, 5.41) is 33.5. The van der Waals surface area contributed by atoms with E-state index < -0.39 is 17.8 Å². The molecule has 0 aliphatic heterocycles. The molecular weight excluding hydrogens is 372 g/mol. The van der Waals surface area contributed by atoms with Gasteiger partial charge in [-0.2, -0.15) is 0 Å². The van der Waals surface area contributed by atoms with Crippen LogP contribution in [-0.4, -0.2) is 33.1 Å². The van der Waals surface area contributed by atoms with Crippen molar-refractivity contribution in [3.63, 3.8) is 0 Å². The van der Waals surface area contributed by atoms with Crippen LogP contribution < -0.4 is 0 Å². The van der Waals surface area contributed by atoms with Gasteiger partial charge in [0.05, 0.1) is 12.2 Å². The van der Waals surface area contributed by atoms with Gasteiger partial charge in [0, 0.05) is 5.41 Å². The molecule has 0 spiro atoms. The van der Waals surface area contributed by atoms with Gasteiger partial charge in [0.25, 0.3) is 0 Å². The molecule has 0 saturated heterocycles. The van der Waals surface area contributed by atoms with Crippen LogP contribution in [0.1, 0.15) is 105 Å². The molecule has 3 heteroatoms. The quantitative estimate of drug-likeness (QED) is 0.546. The highest BCUT2D eigenvalue weighted by molar-refractivity contribution is 5.18. The molecule has 3 nitrogen and oxygen atoms in total. The van der Waals surface area contributed by atoms with Crippen LogP contribution in [0.15, 0.2) is 0 Å². The lowest BCUT2D eigenvalue weighted by Crippen LogP contribution is -2.72. The molecule has 174 valence electrons. The third kappa shape index (κ3) is 3.24. The molecule has 3 N–H and O–H groups in total. The summed E-state index contributed by atoms with van der Waals surface area (Å²) in [5.74, 6) is 4.00. The summed E-state index contributed by atoms with van der Waals surface area (Å²) in [6, 6.07) is 0. The molecule has 4 fully saturated rings. The second-order valence-corrected chi connectivity index (χ2v) is 12.8. The number of fused-ring (bicyclic) bond motifs is 5. The van der Waals surface area contributed by atoms with E-state index in [1.165, 1.54) is 38.5 Å². The number of rotatable bonds is 5. The molecule has 0 aromatic heterocycles. The van der Waals surface area contributed by atoms with Crippen LogP contribution in [0.2, 0.25) is 0 Å². The van der Waals surface area contributed by atoms with Gasteiger partial charge in [-0.3, -0.25) is 0 Å². The zero-order valence-electron chi connectivity index (χ0n) is 20.2. The highest BCUT2D eigenvalue weighted by Crippen LogP contribution is 2.69. The molecule has 0 aromatic rings. The van der Waals surface area contributed by atoms with Crippen molar-refractivity contribution in [2.24, 2.45) is 46.3 Å². The third-order valence-electron chi connectivity index (χ3n) is 11.1. The molecule has 0 bridgehead atoms. The van der Waals surface area contributed by atoms with E-state index in [1.807, 2.05) is 0 Å². The highest BCUT2D eigenvalue weighted by atomic mass is 16.4. The molecule has 0 heterocycles. The predicted octanol–water partition coefficient (Wildman–Crippen LogP) is 5.55. The summed E-state index contributed by atoms with van der Waals surface area (Å²) in [4.78, 5) is 0.